The zero-order valence-electron chi connectivity index (χ0n) is 6.13. The van der Waals surface area contributed by atoms with E-state index in [1.54, 1.807) is 6.92 Å². The summed E-state index contributed by atoms with van der Waals surface area (Å²) in [4.78, 5) is 20.0. The van der Waals surface area contributed by atoms with Gasteiger partial charge in [0.05, 0.1) is 13.2 Å². The number of hydrogen-bond donors (Lipinski definition) is 0. The van der Waals surface area contributed by atoms with E-state index < -0.39 is 0 Å². The minimum absolute atomic E-state index is 0.232. The van der Waals surface area contributed by atoms with Gasteiger partial charge in [-0.2, -0.15) is 0 Å². The van der Waals surface area contributed by atoms with Crippen molar-refractivity contribution in [3.05, 3.63) is 0 Å². The van der Waals surface area contributed by atoms with Crippen LogP contribution in [-0.2, 0) is 14.6 Å². The second-order valence-corrected chi connectivity index (χ2v) is 2.67. The van der Waals surface area contributed by atoms with Crippen LogP contribution < -0.4 is 0 Å². The van der Waals surface area contributed by atoms with Crippen LogP contribution in [0.4, 0.5) is 0 Å². The number of carbonyl (C=O) groups excluding carboxylic acids is 1. The van der Waals surface area contributed by atoms with E-state index >= 15 is 0 Å². The smallest absolute Gasteiger partial charge is 0.130 e. The molecule has 1 atom stereocenters. The van der Waals surface area contributed by atoms with E-state index in [1.807, 2.05) is 0 Å². The molecule has 58 valence electrons. The van der Waals surface area contributed by atoms with Crippen LogP contribution in [0.15, 0.2) is 0 Å². The summed E-state index contributed by atoms with van der Waals surface area (Å²) in [7, 11) is 0. The number of rotatable bonds is 2. The average Bonchev–Trinajstić information content (AvgIpc) is 1.88. The lowest BCUT2D eigenvalue weighted by atomic mass is 10.0. The molecule has 0 spiro atoms. The van der Waals surface area contributed by atoms with Gasteiger partial charge in [-0.3, -0.25) is 0 Å². The van der Waals surface area contributed by atoms with Gasteiger partial charge in [0, 0.05) is 6.42 Å². The lowest BCUT2D eigenvalue weighted by Crippen LogP contribution is -2.20. The number of hydrogen-bond acceptors (Lipinski definition) is 3. The van der Waals surface area contributed by atoms with E-state index in [-0.39, 0.29) is 5.78 Å². The quantitative estimate of drug-likeness (QED) is 0.541. The van der Waals surface area contributed by atoms with Gasteiger partial charge >= 0.3 is 0 Å². The van der Waals surface area contributed by atoms with Crippen molar-refractivity contribution in [2.24, 2.45) is 5.92 Å². The summed E-state index contributed by atoms with van der Waals surface area (Å²) in [6.07, 6.45) is 1.57. The summed E-state index contributed by atoms with van der Waals surface area (Å²) in [5.74, 6) is 0.613. The Balaban J connectivity index is 2.19. The Morgan fingerprint density at radius 3 is 2.90 bits per heavy atom. The van der Waals surface area contributed by atoms with Crippen molar-refractivity contribution in [2.45, 2.75) is 19.8 Å². The molecule has 1 unspecified atom stereocenters. The van der Waals surface area contributed by atoms with Crippen molar-refractivity contribution in [1.82, 2.24) is 0 Å². The van der Waals surface area contributed by atoms with Crippen LogP contribution in [0.3, 0.4) is 0 Å². The van der Waals surface area contributed by atoms with Crippen molar-refractivity contribution in [3.8, 4) is 0 Å². The van der Waals surface area contributed by atoms with E-state index in [0.29, 0.717) is 25.6 Å². The van der Waals surface area contributed by atoms with Gasteiger partial charge in [-0.1, -0.05) is 0 Å². The van der Waals surface area contributed by atoms with Crippen molar-refractivity contribution < 1.29 is 14.6 Å². The lowest BCUT2D eigenvalue weighted by molar-refractivity contribution is -0.324. The lowest BCUT2D eigenvalue weighted by Gasteiger charge is -2.19. The Kier molecular flexibility index (Phi) is 2.83. The molecule has 3 nitrogen and oxygen atoms in total. The second-order valence-electron chi connectivity index (χ2n) is 2.67. The highest BCUT2D eigenvalue weighted by Crippen LogP contribution is 2.14. The number of ketones is 1. The van der Waals surface area contributed by atoms with Crippen molar-refractivity contribution in [3.63, 3.8) is 0 Å². The molecule has 0 bridgehead atoms. The van der Waals surface area contributed by atoms with Gasteiger partial charge in [-0.15, -0.1) is 0 Å². The molecular weight excluding hydrogens is 132 g/mol. The van der Waals surface area contributed by atoms with E-state index in [4.69, 9.17) is 4.89 Å². The fourth-order valence-corrected chi connectivity index (χ4v) is 1.07. The SMILES string of the molecule is CC(=O)CC1CCOOC1. The largest absolute Gasteiger partial charge is 0.300 e. The van der Waals surface area contributed by atoms with Gasteiger partial charge in [0.15, 0.2) is 0 Å². The van der Waals surface area contributed by atoms with Crippen LogP contribution in [0.1, 0.15) is 19.8 Å². The molecule has 0 N–H and O–H groups in total. The van der Waals surface area contributed by atoms with Crippen molar-refractivity contribution in [1.29, 1.82) is 0 Å². The Morgan fingerprint density at radius 2 is 2.40 bits per heavy atom. The average molecular weight is 144 g/mol. The highest BCUT2D eigenvalue weighted by atomic mass is 17.2. The van der Waals surface area contributed by atoms with Crippen molar-refractivity contribution in [2.75, 3.05) is 13.2 Å². The molecule has 1 heterocycles. The molecule has 10 heavy (non-hydrogen) atoms. The summed E-state index contributed by atoms with van der Waals surface area (Å²) in [6, 6.07) is 0. The fourth-order valence-electron chi connectivity index (χ4n) is 1.07. The maximum absolute atomic E-state index is 10.6. The molecule has 0 aromatic carbocycles. The third kappa shape index (κ3) is 2.45. The molecule has 3 heteroatoms. The molecule has 1 rings (SSSR count). The zero-order valence-corrected chi connectivity index (χ0v) is 6.13. The standard InChI is InChI=1S/C7H12O3/c1-6(8)4-7-2-3-9-10-5-7/h7H,2-5H2,1H3. The van der Waals surface area contributed by atoms with Gasteiger partial charge in [0.25, 0.3) is 0 Å². The number of Topliss-reactive ketones (excluding diaryl/α,β-unsaturated/α-hetero) is 1. The molecule has 0 radical (unpaired) electrons. The van der Waals surface area contributed by atoms with Crippen LogP contribution in [0, 0.1) is 5.92 Å². The first-order valence-corrected chi connectivity index (χ1v) is 3.53. The predicted octanol–water partition coefficient (Wildman–Crippen LogP) is 0.934. The first-order valence-electron chi connectivity index (χ1n) is 3.53. The fraction of sp³-hybridized carbons (Fsp3) is 0.857. The molecule has 1 fully saturated rings. The minimum atomic E-state index is 0.232. The van der Waals surface area contributed by atoms with Crippen molar-refractivity contribution >= 4 is 5.78 Å². The van der Waals surface area contributed by atoms with Gasteiger partial charge in [-0.25, -0.2) is 9.78 Å². The maximum atomic E-state index is 10.6. The molecule has 1 saturated heterocycles. The summed E-state index contributed by atoms with van der Waals surface area (Å²) in [5, 5.41) is 0. The molecule has 0 amide bonds. The third-order valence-corrected chi connectivity index (χ3v) is 1.57. The van der Waals surface area contributed by atoms with Crippen LogP contribution in [0.2, 0.25) is 0 Å². The normalized spacial score (nSPS) is 26.3. The van der Waals surface area contributed by atoms with Gasteiger partial charge < -0.3 is 4.79 Å². The highest BCUT2D eigenvalue weighted by Gasteiger charge is 2.15. The second kappa shape index (κ2) is 3.68. The monoisotopic (exact) mass is 144 g/mol. The van der Waals surface area contributed by atoms with Crippen LogP contribution in [0.5, 0.6) is 0 Å². The number of carbonyl (C=O) groups is 1. The van der Waals surface area contributed by atoms with E-state index in [2.05, 4.69) is 4.89 Å². The van der Waals surface area contributed by atoms with Crippen LogP contribution >= 0.6 is 0 Å². The maximum Gasteiger partial charge on any atom is 0.130 e. The van der Waals surface area contributed by atoms with E-state index in [0.717, 1.165) is 6.42 Å². The first-order chi connectivity index (χ1) is 4.79. The summed E-state index contributed by atoms with van der Waals surface area (Å²) >= 11 is 0. The topological polar surface area (TPSA) is 35.5 Å². The summed E-state index contributed by atoms with van der Waals surface area (Å²) in [5.41, 5.74) is 0. The summed E-state index contributed by atoms with van der Waals surface area (Å²) in [6.45, 7) is 2.80. The zero-order chi connectivity index (χ0) is 7.40. The highest BCUT2D eigenvalue weighted by molar-refractivity contribution is 5.75. The minimum Gasteiger partial charge on any atom is -0.300 e. The van der Waals surface area contributed by atoms with Crippen LogP contribution in [0.25, 0.3) is 0 Å². The van der Waals surface area contributed by atoms with Gasteiger partial charge in [0.2, 0.25) is 0 Å². The Hall–Kier alpha value is -0.410. The third-order valence-electron chi connectivity index (χ3n) is 1.57. The van der Waals surface area contributed by atoms with Gasteiger partial charge in [-0.05, 0) is 19.3 Å². The molecule has 0 aliphatic carbocycles. The molecular formula is C7H12O3. The summed E-state index contributed by atoms with van der Waals surface area (Å²) < 4.78 is 0. The molecule has 0 saturated carbocycles. The van der Waals surface area contributed by atoms with E-state index in [1.165, 1.54) is 0 Å². The molecule has 0 aromatic heterocycles. The molecule has 1 aliphatic rings. The van der Waals surface area contributed by atoms with Crippen LogP contribution in [-0.4, -0.2) is 19.0 Å². The molecule has 0 aromatic rings. The van der Waals surface area contributed by atoms with E-state index in [9.17, 15) is 4.79 Å². The first kappa shape index (κ1) is 7.69. The Morgan fingerprint density at radius 1 is 1.60 bits per heavy atom. The Labute approximate surface area is 60.2 Å². The predicted molar refractivity (Wildman–Crippen MR) is 35.3 cm³/mol. The molecule has 1 aliphatic heterocycles. The Bertz CT molecular complexity index is 116. The van der Waals surface area contributed by atoms with Gasteiger partial charge in [0.1, 0.15) is 5.78 Å².